The summed E-state index contributed by atoms with van der Waals surface area (Å²) >= 11 is 2.99. The fourth-order valence-electron chi connectivity index (χ4n) is 2.82. The van der Waals surface area contributed by atoms with E-state index in [1.54, 1.807) is 11.3 Å². The quantitative estimate of drug-likeness (QED) is 0.676. The molecule has 0 aromatic carbocycles. The van der Waals surface area contributed by atoms with Crippen LogP contribution in [0.15, 0.2) is 34.0 Å². The summed E-state index contributed by atoms with van der Waals surface area (Å²) in [5.74, 6) is -0.421. The molecule has 0 spiro atoms. The highest BCUT2D eigenvalue weighted by Crippen LogP contribution is 2.33. The molecule has 4 heterocycles. The number of carbonyl (C=O) groups is 1. The van der Waals surface area contributed by atoms with Crippen molar-refractivity contribution in [3.63, 3.8) is 0 Å². The molecule has 3 aromatic rings. The van der Waals surface area contributed by atoms with E-state index in [0.717, 1.165) is 29.7 Å². The molecule has 1 unspecified atom stereocenters. The molecular formula is C17H17N3O4S2. The Morgan fingerprint density at radius 2 is 2.35 bits per heavy atom. The third kappa shape index (κ3) is 3.56. The van der Waals surface area contributed by atoms with Crippen molar-refractivity contribution < 1.29 is 14.4 Å². The lowest BCUT2D eigenvalue weighted by Gasteiger charge is -2.22. The van der Waals surface area contributed by atoms with Gasteiger partial charge in [-0.1, -0.05) is 6.07 Å². The van der Waals surface area contributed by atoms with Crippen molar-refractivity contribution in [2.24, 2.45) is 0 Å². The maximum absolute atomic E-state index is 12.8. The number of nitrogens with one attached hydrogen (secondary N) is 1. The first-order valence-corrected chi connectivity index (χ1v) is 10.0. The van der Waals surface area contributed by atoms with Crippen molar-refractivity contribution in [1.29, 1.82) is 0 Å². The topological polar surface area (TPSA) is 82.5 Å². The second kappa shape index (κ2) is 7.67. The van der Waals surface area contributed by atoms with Gasteiger partial charge < -0.3 is 4.74 Å². The number of hydroxylamine groups is 1. The van der Waals surface area contributed by atoms with Gasteiger partial charge in [0.2, 0.25) is 0 Å². The van der Waals surface area contributed by atoms with Gasteiger partial charge in [-0.05, 0) is 24.3 Å². The molecule has 0 radical (unpaired) electrons. The number of amides is 1. The molecule has 26 heavy (non-hydrogen) atoms. The van der Waals surface area contributed by atoms with Crippen LogP contribution < -0.4 is 11.0 Å². The molecular weight excluding hydrogens is 374 g/mol. The molecule has 136 valence electrons. The number of rotatable bonds is 5. The Labute approximate surface area is 157 Å². The Morgan fingerprint density at radius 1 is 1.42 bits per heavy atom. The summed E-state index contributed by atoms with van der Waals surface area (Å²) in [6, 6.07) is 3.91. The fourth-order valence-corrected chi connectivity index (χ4v) is 4.54. The molecule has 0 saturated carbocycles. The summed E-state index contributed by atoms with van der Waals surface area (Å²) in [5, 5.41) is 4.44. The highest BCUT2D eigenvalue weighted by Gasteiger charge is 2.18. The first kappa shape index (κ1) is 17.3. The summed E-state index contributed by atoms with van der Waals surface area (Å²) in [6.07, 6.45) is 3.72. The maximum atomic E-state index is 12.8. The average Bonchev–Trinajstić information content (AvgIpc) is 3.32. The molecule has 1 fully saturated rings. The third-order valence-electron chi connectivity index (χ3n) is 4.10. The Bertz CT molecular complexity index is 958. The van der Waals surface area contributed by atoms with Crippen molar-refractivity contribution in [3.05, 3.63) is 39.6 Å². The average molecular weight is 391 g/mol. The van der Waals surface area contributed by atoms with E-state index in [1.165, 1.54) is 22.2 Å². The predicted molar refractivity (Wildman–Crippen MR) is 100 cm³/mol. The molecule has 1 aliphatic rings. The van der Waals surface area contributed by atoms with Gasteiger partial charge in [0.05, 0.1) is 11.7 Å². The second-order valence-corrected chi connectivity index (χ2v) is 7.73. The number of nitrogens with zero attached hydrogens (tertiary/aromatic N) is 2. The highest BCUT2D eigenvalue weighted by atomic mass is 32.1. The second-order valence-electron chi connectivity index (χ2n) is 5.92. The van der Waals surface area contributed by atoms with Crippen LogP contribution in [0.4, 0.5) is 0 Å². The first-order chi connectivity index (χ1) is 12.7. The summed E-state index contributed by atoms with van der Waals surface area (Å²) in [6.45, 7) is 0.471. The molecule has 9 heteroatoms. The van der Waals surface area contributed by atoms with Crippen LogP contribution in [0, 0.1) is 0 Å². The van der Waals surface area contributed by atoms with Gasteiger partial charge in [0.1, 0.15) is 11.4 Å². The van der Waals surface area contributed by atoms with Crippen molar-refractivity contribution >= 4 is 38.8 Å². The van der Waals surface area contributed by atoms with Gasteiger partial charge in [-0.2, -0.15) is 0 Å². The number of fused-ring (bicyclic) bond motifs is 1. The number of carbonyl (C=O) groups excluding carboxylic acids is 1. The first-order valence-electron chi connectivity index (χ1n) is 8.29. The molecule has 0 aliphatic carbocycles. The zero-order valence-electron chi connectivity index (χ0n) is 13.8. The van der Waals surface area contributed by atoms with E-state index in [-0.39, 0.29) is 12.1 Å². The van der Waals surface area contributed by atoms with Crippen LogP contribution in [0.5, 0.6) is 0 Å². The molecule has 1 saturated heterocycles. The number of thiophene rings is 2. The van der Waals surface area contributed by atoms with Crippen LogP contribution in [0.25, 0.3) is 20.7 Å². The van der Waals surface area contributed by atoms with E-state index in [2.05, 4.69) is 10.5 Å². The minimum absolute atomic E-state index is 0.159. The zero-order chi connectivity index (χ0) is 17.9. The lowest BCUT2D eigenvalue weighted by molar-refractivity contribution is -0.200. The van der Waals surface area contributed by atoms with Gasteiger partial charge in [-0.3, -0.25) is 14.2 Å². The largest absolute Gasteiger partial charge is 0.350 e. The minimum Gasteiger partial charge on any atom is -0.350 e. The zero-order valence-corrected chi connectivity index (χ0v) is 15.5. The van der Waals surface area contributed by atoms with Crippen LogP contribution in [0.3, 0.4) is 0 Å². The van der Waals surface area contributed by atoms with Gasteiger partial charge >= 0.3 is 0 Å². The van der Waals surface area contributed by atoms with Gasteiger partial charge in [-0.25, -0.2) is 15.3 Å². The van der Waals surface area contributed by atoms with Gasteiger partial charge in [0.25, 0.3) is 11.5 Å². The Morgan fingerprint density at radius 3 is 3.12 bits per heavy atom. The standard InChI is InChI=1S/C17H17N3O4S2/c21-13(19-24-14-5-1-2-6-23-14)8-20-10-18-16-15(17(20)22)11(9-26-16)12-4-3-7-25-12/h3-4,7,9-10,14H,1-2,5-6,8H2,(H,19,21). The van der Waals surface area contributed by atoms with Crippen molar-refractivity contribution in [2.75, 3.05) is 6.61 Å². The smallest absolute Gasteiger partial charge is 0.263 e. The van der Waals surface area contributed by atoms with E-state index in [1.807, 2.05) is 22.9 Å². The number of aromatic nitrogens is 2. The van der Waals surface area contributed by atoms with Crippen LogP contribution >= 0.6 is 22.7 Å². The molecule has 3 aromatic heterocycles. The van der Waals surface area contributed by atoms with Gasteiger partial charge in [-0.15, -0.1) is 22.7 Å². The normalized spacial score (nSPS) is 17.5. The van der Waals surface area contributed by atoms with Crippen LogP contribution in [0.1, 0.15) is 19.3 Å². The predicted octanol–water partition coefficient (Wildman–Crippen LogP) is 2.76. The Kier molecular flexibility index (Phi) is 5.11. The summed E-state index contributed by atoms with van der Waals surface area (Å²) < 4.78 is 6.69. The molecule has 1 aliphatic heterocycles. The van der Waals surface area contributed by atoms with Crippen LogP contribution in [-0.4, -0.2) is 28.4 Å². The summed E-state index contributed by atoms with van der Waals surface area (Å²) in [7, 11) is 0. The highest BCUT2D eigenvalue weighted by molar-refractivity contribution is 7.18. The van der Waals surface area contributed by atoms with Crippen molar-refractivity contribution in [3.8, 4) is 10.4 Å². The number of hydrogen-bond donors (Lipinski definition) is 1. The lowest BCUT2D eigenvalue weighted by Crippen LogP contribution is -2.36. The van der Waals surface area contributed by atoms with Gasteiger partial charge in [0.15, 0.2) is 6.29 Å². The van der Waals surface area contributed by atoms with E-state index in [9.17, 15) is 9.59 Å². The monoisotopic (exact) mass is 391 g/mol. The van der Waals surface area contributed by atoms with Crippen molar-refractivity contribution in [1.82, 2.24) is 15.0 Å². The number of ether oxygens (including phenoxy) is 1. The molecule has 0 bridgehead atoms. The summed E-state index contributed by atoms with van der Waals surface area (Å²) in [4.78, 5) is 36.2. The lowest BCUT2D eigenvalue weighted by atomic mass is 10.2. The van der Waals surface area contributed by atoms with E-state index in [4.69, 9.17) is 9.57 Å². The van der Waals surface area contributed by atoms with Crippen LogP contribution in [-0.2, 0) is 20.9 Å². The molecule has 4 rings (SSSR count). The molecule has 7 nitrogen and oxygen atoms in total. The van der Waals surface area contributed by atoms with E-state index >= 15 is 0 Å². The SMILES string of the molecule is O=C(Cn1cnc2scc(-c3cccs3)c2c1=O)NOC1CCCCO1. The fraction of sp³-hybridized carbons (Fsp3) is 0.353. The van der Waals surface area contributed by atoms with E-state index in [0.29, 0.717) is 16.8 Å². The molecule has 1 N–H and O–H groups in total. The Balaban J connectivity index is 1.51. The number of hydrogen-bond acceptors (Lipinski definition) is 7. The third-order valence-corrected chi connectivity index (χ3v) is 5.89. The van der Waals surface area contributed by atoms with Gasteiger partial charge in [0, 0.05) is 28.8 Å². The summed E-state index contributed by atoms with van der Waals surface area (Å²) in [5.41, 5.74) is 2.99. The van der Waals surface area contributed by atoms with Crippen molar-refractivity contribution in [2.45, 2.75) is 32.1 Å². The van der Waals surface area contributed by atoms with Crippen LogP contribution in [0.2, 0.25) is 0 Å². The maximum Gasteiger partial charge on any atom is 0.263 e. The Hall–Kier alpha value is -2.07. The molecule has 1 amide bonds. The minimum atomic E-state index is -0.424. The molecule has 1 atom stereocenters. The van der Waals surface area contributed by atoms with E-state index < -0.39 is 12.2 Å².